The van der Waals surface area contributed by atoms with Crippen molar-refractivity contribution in [1.82, 2.24) is 4.90 Å². The number of methoxy groups -OCH3 is 1. The largest absolute Gasteiger partial charge is 0.497 e. The van der Waals surface area contributed by atoms with Gasteiger partial charge >= 0.3 is 0 Å². The summed E-state index contributed by atoms with van der Waals surface area (Å²) < 4.78 is 10.9. The van der Waals surface area contributed by atoms with Gasteiger partial charge in [0.05, 0.1) is 25.1 Å². The second kappa shape index (κ2) is 7.59. The average Bonchev–Trinajstić information content (AvgIpc) is 3.44. The third-order valence-corrected chi connectivity index (χ3v) is 5.43. The molecule has 2 N–H and O–H groups in total. The molecular formula is C23H23N5O2. The monoisotopic (exact) mass is 401 g/mol. The van der Waals surface area contributed by atoms with Crippen LogP contribution in [0.1, 0.15) is 5.56 Å². The number of nitrogens with two attached hydrogens (primary N) is 1. The Bertz CT molecular complexity index is 1180. The van der Waals surface area contributed by atoms with E-state index in [0.29, 0.717) is 11.4 Å². The third-order valence-electron chi connectivity index (χ3n) is 5.43. The molecule has 1 unspecified atom stereocenters. The average molecular weight is 401 g/mol. The van der Waals surface area contributed by atoms with Gasteiger partial charge in [-0.2, -0.15) is 0 Å². The van der Waals surface area contributed by atoms with Crippen molar-refractivity contribution in [3.63, 3.8) is 0 Å². The molecule has 0 aliphatic carbocycles. The summed E-state index contributed by atoms with van der Waals surface area (Å²) in [4.78, 5) is 14.0. The molecule has 2 aromatic carbocycles. The maximum atomic E-state index is 6.61. The van der Waals surface area contributed by atoms with Crippen LogP contribution in [0.2, 0.25) is 0 Å². The fourth-order valence-corrected chi connectivity index (χ4v) is 3.93. The predicted octanol–water partition coefficient (Wildman–Crippen LogP) is 1.69. The Labute approximate surface area is 174 Å². The minimum atomic E-state index is -0.400. The highest BCUT2D eigenvalue weighted by Gasteiger charge is 2.34. The molecule has 30 heavy (non-hydrogen) atoms. The lowest BCUT2D eigenvalue weighted by atomic mass is 10.2. The summed E-state index contributed by atoms with van der Waals surface area (Å²) in [7, 11) is 1.65. The highest BCUT2D eigenvalue weighted by atomic mass is 16.5. The third kappa shape index (κ3) is 3.18. The molecule has 0 amide bonds. The first kappa shape index (κ1) is 18.3. The Kier molecular flexibility index (Phi) is 4.63. The number of aliphatic imine (C=N–C) groups is 1. The first-order valence-electron chi connectivity index (χ1n) is 9.92. The second-order valence-corrected chi connectivity index (χ2v) is 7.24. The van der Waals surface area contributed by atoms with Gasteiger partial charge in [-0.25, -0.2) is 4.99 Å². The number of rotatable bonds is 5. The highest BCUT2D eigenvalue weighted by Crippen LogP contribution is 2.27. The SMILES string of the molecule is COc1ccc(N2C(N)=c3ccoc3=NC2C2=NCCN2Cc2ccccc2)cc1. The van der Waals surface area contributed by atoms with Gasteiger partial charge in [0.25, 0.3) is 0 Å². The standard InChI is InChI=1S/C23H23N5O2/c1-29-18-9-7-17(8-10-18)28-20(24)19-11-14-30-23(19)26-22(28)21-25-12-13-27(21)15-16-5-3-2-4-6-16/h2-11,14,22H,12-13,15,24H2,1H3. The minimum absolute atomic E-state index is 0.400. The highest BCUT2D eigenvalue weighted by molar-refractivity contribution is 5.94. The Morgan fingerprint density at radius 2 is 1.90 bits per heavy atom. The molecule has 3 heterocycles. The molecule has 0 spiro atoms. The van der Waals surface area contributed by atoms with Crippen LogP contribution >= 0.6 is 0 Å². The van der Waals surface area contributed by atoms with E-state index in [4.69, 9.17) is 24.9 Å². The van der Waals surface area contributed by atoms with E-state index in [1.807, 2.05) is 41.3 Å². The quantitative estimate of drug-likeness (QED) is 0.704. The van der Waals surface area contributed by atoms with E-state index in [1.54, 1.807) is 13.4 Å². The van der Waals surface area contributed by atoms with E-state index in [0.717, 1.165) is 42.1 Å². The molecule has 2 aliphatic rings. The molecule has 3 aromatic rings. The van der Waals surface area contributed by atoms with Crippen molar-refractivity contribution in [2.75, 3.05) is 25.1 Å². The zero-order valence-corrected chi connectivity index (χ0v) is 16.7. The van der Waals surface area contributed by atoms with Crippen LogP contribution in [0.15, 0.2) is 81.3 Å². The van der Waals surface area contributed by atoms with Gasteiger partial charge in [0.15, 0.2) is 6.17 Å². The van der Waals surface area contributed by atoms with Crippen molar-refractivity contribution in [3.05, 3.63) is 83.3 Å². The van der Waals surface area contributed by atoms with Gasteiger partial charge in [-0.1, -0.05) is 30.3 Å². The lowest BCUT2D eigenvalue weighted by Crippen LogP contribution is -2.53. The van der Waals surface area contributed by atoms with E-state index < -0.39 is 6.17 Å². The van der Waals surface area contributed by atoms with Crippen LogP contribution in [-0.4, -0.2) is 37.1 Å². The van der Waals surface area contributed by atoms with Crippen LogP contribution in [0.3, 0.4) is 0 Å². The topological polar surface area (TPSA) is 79.6 Å². The molecule has 0 saturated carbocycles. The Balaban J connectivity index is 1.55. The van der Waals surface area contributed by atoms with E-state index in [1.165, 1.54) is 5.56 Å². The number of nitrogens with zero attached hydrogens (tertiary/aromatic N) is 4. The number of hydrogen-bond acceptors (Lipinski definition) is 7. The molecule has 0 radical (unpaired) electrons. The first-order valence-corrected chi connectivity index (χ1v) is 9.92. The normalized spacial score (nSPS) is 18.1. The van der Waals surface area contributed by atoms with E-state index in [-0.39, 0.29) is 0 Å². The number of furan rings is 1. The molecule has 1 atom stereocenters. The van der Waals surface area contributed by atoms with Crippen molar-refractivity contribution < 1.29 is 9.15 Å². The Hall–Kier alpha value is -3.74. The lowest BCUT2D eigenvalue weighted by Gasteiger charge is -2.35. The van der Waals surface area contributed by atoms with Crippen molar-refractivity contribution in [3.8, 4) is 5.75 Å². The zero-order valence-electron chi connectivity index (χ0n) is 16.7. The number of ether oxygens (including phenoxy) is 1. The van der Waals surface area contributed by atoms with Gasteiger partial charge in [0.1, 0.15) is 17.4 Å². The number of hydrogen-bond donors (Lipinski definition) is 1. The van der Waals surface area contributed by atoms with Gasteiger partial charge in [-0.15, -0.1) is 0 Å². The van der Waals surface area contributed by atoms with Crippen molar-refractivity contribution in [2.24, 2.45) is 15.7 Å². The van der Waals surface area contributed by atoms with Crippen LogP contribution in [0.4, 0.5) is 5.69 Å². The van der Waals surface area contributed by atoms with E-state index >= 15 is 0 Å². The Morgan fingerprint density at radius 1 is 1.10 bits per heavy atom. The summed E-state index contributed by atoms with van der Waals surface area (Å²) >= 11 is 0. The summed E-state index contributed by atoms with van der Waals surface area (Å²) in [5, 5.41) is 0.787. The maximum Gasteiger partial charge on any atom is 0.227 e. The fraction of sp³-hybridized carbons (Fsp3) is 0.217. The molecule has 5 rings (SSSR count). The van der Waals surface area contributed by atoms with Crippen LogP contribution in [-0.2, 0) is 6.54 Å². The zero-order chi connectivity index (χ0) is 20.5. The van der Waals surface area contributed by atoms with Crippen molar-refractivity contribution in [1.29, 1.82) is 0 Å². The predicted molar refractivity (Wildman–Crippen MR) is 115 cm³/mol. The van der Waals surface area contributed by atoms with Crippen molar-refractivity contribution >= 4 is 17.3 Å². The molecule has 0 bridgehead atoms. The van der Waals surface area contributed by atoms with Crippen molar-refractivity contribution in [2.45, 2.75) is 12.7 Å². The summed E-state index contributed by atoms with van der Waals surface area (Å²) in [6, 6.07) is 20.0. The van der Waals surface area contributed by atoms with Gasteiger partial charge in [-0.3, -0.25) is 9.89 Å². The number of anilines is 1. The molecule has 7 heteroatoms. The Morgan fingerprint density at radius 3 is 2.67 bits per heavy atom. The number of benzene rings is 2. The molecule has 152 valence electrons. The number of amidine groups is 1. The van der Waals surface area contributed by atoms with Crippen LogP contribution < -0.4 is 26.1 Å². The van der Waals surface area contributed by atoms with Gasteiger partial charge < -0.3 is 19.8 Å². The molecular weight excluding hydrogens is 378 g/mol. The molecule has 1 aromatic heterocycles. The molecule has 2 aliphatic heterocycles. The lowest BCUT2D eigenvalue weighted by molar-refractivity contribution is 0.414. The van der Waals surface area contributed by atoms with Crippen LogP contribution in [0.25, 0.3) is 5.82 Å². The number of fused-ring (bicyclic) bond motifs is 1. The second-order valence-electron chi connectivity index (χ2n) is 7.24. The maximum absolute atomic E-state index is 6.61. The fourth-order valence-electron chi connectivity index (χ4n) is 3.93. The summed E-state index contributed by atoms with van der Waals surface area (Å²) in [6.07, 6.45) is 1.22. The van der Waals surface area contributed by atoms with Crippen LogP contribution in [0.5, 0.6) is 5.75 Å². The first-order chi connectivity index (χ1) is 14.7. The van der Waals surface area contributed by atoms with Gasteiger partial charge in [0, 0.05) is 18.8 Å². The molecule has 7 nitrogen and oxygen atoms in total. The molecule has 0 saturated heterocycles. The summed E-state index contributed by atoms with van der Waals surface area (Å²) in [5.74, 6) is 2.27. The molecule has 0 fully saturated rings. The van der Waals surface area contributed by atoms with Gasteiger partial charge in [0.2, 0.25) is 5.55 Å². The van der Waals surface area contributed by atoms with Crippen LogP contribution in [0, 0.1) is 0 Å². The minimum Gasteiger partial charge on any atom is -0.497 e. The van der Waals surface area contributed by atoms with Gasteiger partial charge in [-0.05, 0) is 35.9 Å². The summed E-state index contributed by atoms with van der Waals surface area (Å²) in [5.41, 5.74) is 9.30. The van der Waals surface area contributed by atoms with E-state index in [2.05, 4.69) is 29.2 Å². The van der Waals surface area contributed by atoms with E-state index in [9.17, 15) is 0 Å². The summed E-state index contributed by atoms with van der Waals surface area (Å²) in [6.45, 7) is 2.35. The smallest absolute Gasteiger partial charge is 0.227 e.